The predicted molar refractivity (Wildman–Crippen MR) is 169 cm³/mol. The number of aryl methyl sites for hydroxylation is 2. The van der Waals surface area contributed by atoms with E-state index >= 15 is 0 Å². The van der Waals surface area contributed by atoms with Crippen LogP contribution in [0, 0.1) is 0 Å². The van der Waals surface area contributed by atoms with Crippen LogP contribution in [0.4, 0.5) is 0 Å². The molecule has 182 valence electrons. The van der Waals surface area contributed by atoms with Crippen LogP contribution < -0.4 is 0 Å². The van der Waals surface area contributed by atoms with Crippen LogP contribution in [-0.2, 0) is 18.3 Å². The minimum atomic E-state index is -0.376. The second kappa shape index (κ2) is 11.7. The molecule has 0 N–H and O–H groups in total. The highest BCUT2D eigenvalue weighted by Gasteiger charge is 2.45. The van der Waals surface area contributed by atoms with E-state index in [0.29, 0.717) is 0 Å². The van der Waals surface area contributed by atoms with Crippen molar-refractivity contribution in [3.8, 4) is 0 Å². The quantitative estimate of drug-likeness (QED) is 0.117. The Morgan fingerprint density at radius 1 is 0.861 bits per heavy atom. The lowest BCUT2D eigenvalue weighted by Gasteiger charge is -2.35. The zero-order valence-electron chi connectivity index (χ0n) is 20.9. The topological polar surface area (TPSA) is 0 Å². The fourth-order valence-electron chi connectivity index (χ4n) is 5.35. The molecule has 36 heavy (non-hydrogen) atoms. The molecule has 0 nitrogen and oxygen atoms in total. The van der Waals surface area contributed by atoms with Crippen molar-refractivity contribution in [1.82, 2.24) is 0 Å². The molecule has 0 spiro atoms. The number of halogens is 2. The van der Waals surface area contributed by atoms with E-state index in [2.05, 4.69) is 144 Å². The van der Waals surface area contributed by atoms with Crippen molar-refractivity contribution in [2.24, 2.45) is 0 Å². The van der Waals surface area contributed by atoms with E-state index in [1.807, 2.05) is 12.2 Å². The van der Waals surface area contributed by atoms with Gasteiger partial charge in [-0.05, 0) is 118 Å². The van der Waals surface area contributed by atoms with E-state index in [1.54, 1.807) is 0 Å². The van der Waals surface area contributed by atoms with E-state index < -0.39 is 0 Å². The van der Waals surface area contributed by atoms with Crippen LogP contribution in [0.2, 0.25) is 0 Å². The summed E-state index contributed by atoms with van der Waals surface area (Å²) >= 11 is 6.05. The zero-order chi connectivity index (χ0) is 25.7. The molecule has 0 radical (unpaired) electrons. The summed E-state index contributed by atoms with van der Waals surface area (Å²) in [4.78, 5) is 0. The van der Waals surface area contributed by atoms with E-state index in [0.717, 1.165) is 33.7 Å². The summed E-state index contributed by atoms with van der Waals surface area (Å²) in [6, 6.07) is 25.1. The minimum absolute atomic E-state index is 0.376. The van der Waals surface area contributed by atoms with Gasteiger partial charge in [-0.3, -0.25) is 0 Å². The number of allylic oxidation sites excluding steroid dienone is 7. The van der Waals surface area contributed by atoms with Crippen LogP contribution in [0.1, 0.15) is 53.1 Å². The molecule has 0 heterocycles. The Labute approximate surface area is 238 Å². The molecule has 0 fully saturated rings. The second-order valence-electron chi connectivity index (χ2n) is 9.31. The smallest absolute Gasteiger partial charge is 0.0674 e. The van der Waals surface area contributed by atoms with Crippen molar-refractivity contribution in [2.75, 3.05) is 0 Å². The third kappa shape index (κ3) is 5.17. The molecule has 3 aromatic carbocycles. The molecule has 0 aliphatic heterocycles. The van der Waals surface area contributed by atoms with Crippen LogP contribution in [-0.4, -0.2) is 0 Å². The Kier molecular flexibility index (Phi) is 8.69. The highest BCUT2D eigenvalue weighted by Crippen LogP contribution is 2.55. The van der Waals surface area contributed by atoms with Crippen LogP contribution in [0.25, 0.3) is 5.57 Å². The van der Waals surface area contributed by atoms with Crippen LogP contribution in [0.5, 0.6) is 0 Å². The lowest BCUT2D eigenvalue weighted by Crippen LogP contribution is -2.29. The molecule has 4 rings (SSSR count). The summed E-state index contributed by atoms with van der Waals surface area (Å²) in [6.45, 7) is 14.2. The molecule has 0 saturated heterocycles. The van der Waals surface area contributed by atoms with Gasteiger partial charge in [0.25, 0.3) is 0 Å². The Morgan fingerprint density at radius 2 is 1.39 bits per heavy atom. The molecular weight excluding hydrogens is 615 g/mol. The van der Waals surface area contributed by atoms with Crippen LogP contribution in [0.3, 0.4) is 0 Å². The van der Waals surface area contributed by atoms with Gasteiger partial charge in [-0.25, -0.2) is 0 Å². The molecule has 3 aromatic rings. The van der Waals surface area contributed by atoms with Gasteiger partial charge in [0.1, 0.15) is 0 Å². The first kappa shape index (κ1) is 26.6. The third-order valence-electron chi connectivity index (χ3n) is 7.12. The highest BCUT2D eigenvalue weighted by molar-refractivity contribution is 14.1. The Balaban J connectivity index is 1.98. The van der Waals surface area contributed by atoms with Gasteiger partial charge in [-0.2, -0.15) is 0 Å². The van der Waals surface area contributed by atoms with Gasteiger partial charge in [-0.15, -0.1) is 13.2 Å². The van der Waals surface area contributed by atoms with Gasteiger partial charge in [0.05, 0.1) is 5.41 Å². The van der Waals surface area contributed by atoms with Crippen molar-refractivity contribution >= 4 is 44.1 Å². The third-order valence-corrected chi connectivity index (χ3v) is 7.97. The zero-order valence-corrected chi connectivity index (χ0v) is 24.6. The molecule has 2 heteroatoms. The molecule has 0 aromatic heterocycles. The fraction of sp³-hybridized carbons (Fsp3) is 0.176. The Bertz CT molecular complexity index is 1280. The number of fused-ring (bicyclic) bond motifs is 1. The van der Waals surface area contributed by atoms with Crippen molar-refractivity contribution < 1.29 is 0 Å². The van der Waals surface area contributed by atoms with Gasteiger partial charge >= 0.3 is 0 Å². The first-order valence-electron chi connectivity index (χ1n) is 12.4. The lowest BCUT2D eigenvalue weighted by molar-refractivity contribution is 0.740. The number of rotatable bonds is 10. The monoisotopic (exact) mass is 646 g/mol. The molecule has 1 aliphatic carbocycles. The molecule has 1 aliphatic rings. The molecule has 0 unspecified atom stereocenters. The van der Waals surface area contributed by atoms with E-state index in [-0.39, 0.29) is 5.41 Å². The van der Waals surface area contributed by atoms with Gasteiger partial charge < -0.3 is 0 Å². The number of hydrogen-bond donors (Lipinski definition) is 0. The van der Waals surface area contributed by atoms with Crippen molar-refractivity contribution in [2.45, 2.75) is 38.0 Å². The fourth-order valence-corrected chi connectivity index (χ4v) is 5.89. The SMILES string of the molecule is C=CCCc1ccc(C2(c3ccc(CCC=C)cc3)C(C)=C(/C=C\C(=C)I)c3ccc(Br)cc32)cc1. The van der Waals surface area contributed by atoms with Crippen molar-refractivity contribution in [1.29, 1.82) is 0 Å². The van der Waals surface area contributed by atoms with E-state index in [9.17, 15) is 0 Å². The average Bonchev–Trinajstić information content (AvgIpc) is 3.13. The van der Waals surface area contributed by atoms with Crippen molar-refractivity contribution in [3.05, 3.63) is 158 Å². The average molecular weight is 647 g/mol. The summed E-state index contributed by atoms with van der Waals surface area (Å²) < 4.78 is 2.11. The summed E-state index contributed by atoms with van der Waals surface area (Å²) in [5, 5.41) is 0. The maximum Gasteiger partial charge on any atom is 0.0674 e. The van der Waals surface area contributed by atoms with E-state index in [4.69, 9.17) is 0 Å². The van der Waals surface area contributed by atoms with E-state index in [1.165, 1.54) is 44.5 Å². The number of hydrogen-bond acceptors (Lipinski definition) is 0. The Hall–Kier alpha value is -2.43. The van der Waals surface area contributed by atoms with Gasteiger partial charge in [0, 0.05) is 8.05 Å². The second-order valence-corrected chi connectivity index (χ2v) is 11.6. The standard InChI is InChI=1S/C34H32BrI/c1-5-7-9-26-12-16-28(17-13-26)34(29-18-14-27(15-19-29)10-8-6-2)25(4)31(21-11-24(3)36)32-22-20-30(35)23-33(32)34/h5-6,11-23H,1-3,7-10H2,4H3/b21-11-. The van der Waals surface area contributed by atoms with Crippen LogP contribution in [0.15, 0.2) is 124 Å². The van der Waals surface area contributed by atoms with Crippen molar-refractivity contribution in [3.63, 3.8) is 0 Å². The maximum absolute atomic E-state index is 4.09. The van der Waals surface area contributed by atoms with Crippen LogP contribution >= 0.6 is 38.5 Å². The molecule has 0 bridgehead atoms. The molecular formula is C34H32BrI. The molecule has 0 amide bonds. The molecule has 0 saturated carbocycles. The normalized spacial score (nSPS) is 14.2. The highest BCUT2D eigenvalue weighted by atomic mass is 127. The first-order valence-corrected chi connectivity index (χ1v) is 14.2. The first-order chi connectivity index (χ1) is 17.4. The largest absolute Gasteiger partial charge is 0.103 e. The predicted octanol–water partition coefficient (Wildman–Crippen LogP) is 10.3. The summed E-state index contributed by atoms with van der Waals surface area (Å²) in [7, 11) is 0. The summed E-state index contributed by atoms with van der Waals surface area (Å²) in [5.41, 5.74) is 10.1. The van der Waals surface area contributed by atoms with Gasteiger partial charge in [0.15, 0.2) is 0 Å². The summed E-state index contributed by atoms with van der Waals surface area (Å²) in [5.74, 6) is 0. The maximum atomic E-state index is 4.09. The molecule has 0 atom stereocenters. The summed E-state index contributed by atoms with van der Waals surface area (Å²) in [6.07, 6.45) is 12.3. The Morgan fingerprint density at radius 3 is 1.86 bits per heavy atom. The van der Waals surface area contributed by atoms with Gasteiger partial charge in [-0.1, -0.05) is 95.3 Å². The minimum Gasteiger partial charge on any atom is -0.103 e. The lowest BCUT2D eigenvalue weighted by atomic mass is 9.67. The number of benzene rings is 3. The van der Waals surface area contributed by atoms with Gasteiger partial charge in [0.2, 0.25) is 0 Å².